The molecule has 1 unspecified atom stereocenters. The molecule has 0 amide bonds. The van der Waals surface area contributed by atoms with Gasteiger partial charge in [-0.3, -0.25) is 0 Å². The van der Waals surface area contributed by atoms with Crippen molar-refractivity contribution in [3.05, 3.63) is 34.9 Å². The van der Waals surface area contributed by atoms with Crippen molar-refractivity contribution in [2.45, 2.75) is 12.8 Å². The molecule has 1 rings (SSSR count). The van der Waals surface area contributed by atoms with E-state index in [0.29, 0.717) is 12.5 Å². The molecule has 0 fully saturated rings. The van der Waals surface area contributed by atoms with Crippen LogP contribution in [0.1, 0.15) is 18.4 Å². The molecular weight excluding hydrogens is 210 g/mol. The molecule has 15 heavy (non-hydrogen) atoms. The lowest BCUT2D eigenvalue weighted by molar-refractivity contribution is 0.178. The van der Waals surface area contributed by atoms with Crippen molar-refractivity contribution in [3.8, 4) is 0 Å². The minimum atomic E-state index is 0.369. The molecule has 1 aromatic carbocycles. The van der Waals surface area contributed by atoms with E-state index < -0.39 is 0 Å². The lowest BCUT2D eigenvalue weighted by Gasteiger charge is -2.16. The number of halogens is 1. The normalized spacial score (nSPS) is 12.7. The summed E-state index contributed by atoms with van der Waals surface area (Å²) in [4.78, 5) is 0. The molecule has 1 aromatic rings. The highest BCUT2D eigenvalue weighted by atomic mass is 35.5. The minimum absolute atomic E-state index is 0.369. The van der Waals surface area contributed by atoms with Crippen LogP contribution in [0.5, 0.6) is 0 Å². The van der Waals surface area contributed by atoms with E-state index >= 15 is 0 Å². The van der Waals surface area contributed by atoms with E-state index in [1.54, 1.807) is 7.11 Å². The largest absolute Gasteiger partial charge is 0.384 e. The molecule has 1 atom stereocenters. The Balaban J connectivity index is 2.69. The fraction of sp³-hybridized carbons (Fsp3) is 0.500. The topological polar surface area (TPSA) is 21.3 Å². The molecular formula is C12H18ClNO. The maximum atomic E-state index is 5.96. The minimum Gasteiger partial charge on any atom is -0.384 e. The van der Waals surface area contributed by atoms with Crippen molar-refractivity contribution in [2.75, 3.05) is 26.8 Å². The van der Waals surface area contributed by atoms with Gasteiger partial charge in [-0.15, -0.1) is 0 Å². The fourth-order valence-electron chi connectivity index (χ4n) is 1.55. The first-order valence-corrected chi connectivity index (χ1v) is 5.60. The number of ether oxygens (including phenoxy) is 1. The van der Waals surface area contributed by atoms with Crippen LogP contribution in [0, 0.1) is 0 Å². The number of likely N-dealkylation sites (N-methyl/N-ethyl adjacent to an activating group) is 1. The zero-order valence-corrected chi connectivity index (χ0v) is 10.1. The van der Waals surface area contributed by atoms with Gasteiger partial charge in [0.25, 0.3) is 0 Å². The third-order valence-electron chi connectivity index (χ3n) is 2.33. The lowest BCUT2D eigenvalue weighted by atomic mass is 10.00. The Bertz CT molecular complexity index is 291. The third kappa shape index (κ3) is 4.20. The Morgan fingerprint density at radius 1 is 1.47 bits per heavy atom. The van der Waals surface area contributed by atoms with Crippen LogP contribution < -0.4 is 5.32 Å². The molecule has 0 saturated carbocycles. The van der Waals surface area contributed by atoms with E-state index in [4.69, 9.17) is 16.3 Å². The van der Waals surface area contributed by atoms with Gasteiger partial charge in [-0.2, -0.15) is 0 Å². The summed E-state index contributed by atoms with van der Waals surface area (Å²) in [7, 11) is 1.73. The predicted octanol–water partition coefficient (Wildman–Crippen LogP) is 2.68. The van der Waals surface area contributed by atoms with E-state index in [1.807, 2.05) is 18.2 Å². The number of methoxy groups -OCH3 is 1. The summed E-state index contributed by atoms with van der Waals surface area (Å²) in [6, 6.07) is 7.96. The van der Waals surface area contributed by atoms with Crippen LogP contribution in [-0.2, 0) is 4.74 Å². The maximum absolute atomic E-state index is 5.96. The van der Waals surface area contributed by atoms with Crippen molar-refractivity contribution >= 4 is 11.6 Å². The molecule has 0 aliphatic heterocycles. The van der Waals surface area contributed by atoms with Crippen molar-refractivity contribution in [1.82, 2.24) is 5.32 Å². The molecule has 0 aliphatic rings. The summed E-state index contributed by atoms with van der Waals surface area (Å²) >= 11 is 5.96. The van der Waals surface area contributed by atoms with Crippen LogP contribution in [0.2, 0.25) is 5.02 Å². The number of hydrogen-bond donors (Lipinski definition) is 1. The van der Waals surface area contributed by atoms with Gasteiger partial charge in [0.15, 0.2) is 0 Å². The van der Waals surface area contributed by atoms with Gasteiger partial charge >= 0.3 is 0 Å². The third-order valence-corrected chi connectivity index (χ3v) is 2.56. The van der Waals surface area contributed by atoms with E-state index in [2.05, 4.69) is 18.3 Å². The molecule has 0 heterocycles. The van der Waals surface area contributed by atoms with Crippen LogP contribution in [0.15, 0.2) is 24.3 Å². The van der Waals surface area contributed by atoms with Gasteiger partial charge in [0, 0.05) is 24.6 Å². The van der Waals surface area contributed by atoms with Crippen LogP contribution in [0.25, 0.3) is 0 Å². The predicted molar refractivity (Wildman–Crippen MR) is 64.6 cm³/mol. The molecule has 2 nitrogen and oxygen atoms in total. The molecule has 0 aromatic heterocycles. The van der Waals surface area contributed by atoms with Crippen molar-refractivity contribution < 1.29 is 4.74 Å². The summed E-state index contributed by atoms with van der Waals surface area (Å²) in [6.07, 6.45) is 0. The van der Waals surface area contributed by atoms with Crippen LogP contribution in [-0.4, -0.2) is 26.8 Å². The molecule has 1 N–H and O–H groups in total. The standard InChI is InChI=1S/C12H18ClNO/c1-3-14-8-11(9-15-2)10-5-4-6-12(13)7-10/h4-7,11,14H,3,8-9H2,1-2H3. The second-order valence-electron chi connectivity index (χ2n) is 3.51. The van der Waals surface area contributed by atoms with Gasteiger partial charge in [0.05, 0.1) is 6.61 Å². The quantitative estimate of drug-likeness (QED) is 0.807. The zero-order chi connectivity index (χ0) is 11.1. The second-order valence-corrected chi connectivity index (χ2v) is 3.95. The number of hydrogen-bond acceptors (Lipinski definition) is 2. The molecule has 0 spiro atoms. The first kappa shape index (κ1) is 12.5. The van der Waals surface area contributed by atoms with Gasteiger partial charge < -0.3 is 10.1 Å². The Hall–Kier alpha value is -0.570. The van der Waals surface area contributed by atoms with E-state index in [-0.39, 0.29) is 0 Å². The summed E-state index contributed by atoms with van der Waals surface area (Å²) < 4.78 is 5.21. The van der Waals surface area contributed by atoms with Crippen molar-refractivity contribution in [1.29, 1.82) is 0 Å². The smallest absolute Gasteiger partial charge is 0.0543 e. The van der Waals surface area contributed by atoms with Crippen LogP contribution in [0.4, 0.5) is 0 Å². The Morgan fingerprint density at radius 2 is 2.27 bits per heavy atom. The Labute approximate surface area is 96.6 Å². The van der Waals surface area contributed by atoms with Gasteiger partial charge in [-0.25, -0.2) is 0 Å². The molecule has 0 saturated heterocycles. The summed E-state index contributed by atoms with van der Waals surface area (Å²) in [5, 5.41) is 4.11. The molecule has 0 aliphatic carbocycles. The number of nitrogens with one attached hydrogen (secondary N) is 1. The number of benzene rings is 1. The molecule has 0 bridgehead atoms. The van der Waals surface area contributed by atoms with Gasteiger partial charge in [0.2, 0.25) is 0 Å². The van der Waals surface area contributed by atoms with Crippen LogP contribution in [0.3, 0.4) is 0 Å². The SMILES string of the molecule is CCNCC(COC)c1cccc(Cl)c1. The maximum Gasteiger partial charge on any atom is 0.0543 e. The average Bonchev–Trinajstić information content (AvgIpc) is 2.24. The highest BCUT2D eigenvalue weighted by Gasteiger charge is 2.10. The fourth-order valence-corrected chi connectivity index (χ4v) is 1.75. The highest BCUT2D eigenvalue weighted by molar-refractivity contribution is 6.30. The van der Waals surface area contributed by atoms with Crippen LogP contribution >= 0.6 is 11.6 Å². The van der Waals surface area contributed by atoms with E-state index in [9.17, 15) is 0 Å². The zero-order valence-electron chi connectivity index (χ0n) is 9.29. The Kier molecular flexibility index (Phi) is 5.69. The highest BCUT2D eigenvalue weighted by Crippen LogP contribution is 2.19. The van der Waals surface area contributed by atoms with Gasteiger partial charge in [-0.1, -0.05) is 30.7 Å². The van der Waals surface area contributed by atoms with Crippen molar-refractivity contribution in [3.63, 3.8) is 0 Å². The monoisotopic (exact) mass is 227 g/mol. The van der Waals surface area contributed by atoms with E-state index in [0.717, 1.165) is 18.1 Å². The van der Waals surface area contributed by atoms with Crippen molar-refractivity contribution in [2.24, 2.45) is 0 Å². The summed E-state index contributed by atoms with van der Waals surface area (Å²) in [6.45, 7) is 4.71. The van der Waals surface area contributed by atoms with E-state index in [1.165, 1.54) is 5.56 Å². The van der Waals surface area contributed by atoms with Gasteiger partial charge in [-0.05, 0) is 24.2 Å². The molecule has 84 valence electrons. The summed E-state index contributed by atoms with van der Waals surface area (Å²) in [5.74, 6) is 0.369. The molecule has 3 heteroatoms. The molecule has 0 radical (unpaired) electrons. The lowest BCUT2D eigenvalue weighted by Crippen LogP contribution is -2.24. The first-order valence-electron chi connectivity index (χ1n) is 5.23. The summed E-state index contributed by atoms with van der Waals surface area (Å²) in [5.41, 5.74) is 1.23. The second kappa shape index (κ2) is 6.83. The Morgan fingerprint density at radius 3 is 2.87 bits per heavy atom. The first-order chi connectivity index (χ1) is 7.27. The average molecular weight is 228 g/mol. The van der Waals surface area contributed by atoms with Gasteiger partial charge in [0.1, 0.15) is 0 Å². The number of rotatable bonds is 6.